The van der Waals surface area contributed by atoms with Crippen LogP contribution in [0.1, 0.15) is 0 Å². The molecule has 0 bridgehead atoms. The van der Waals surface area contributed by atoms with Crippen LogP contribution in [-0.2, 0) is 14.8 Å². The van der Waals surface area contributed by atoms with Crippen LogP contribution in [0, 0.1) is 0 Å². The van der Waals surface area contributed by atoms with E-state index in [2.05, 4.69) is 4.90 Å². The van der Waals surface area contributed by atoms with Gasteiger partial charge < -0.3 is 19.3 Å². The molecule has 0 radical (unpaired) electrons. The zero-order valence-corrected chi connectivity index (χ0v) is 19.3. The second kappa shape index (κ2) is 9.76. The van der Waals surface area contributed by atoms with E-state index in [1.807, 2.05) is 24.3 Å². The number of methoxy groups -OCH3 is 1. The first kappa shape index (κ1) is 23.2. The van der Waals surface area contributed by atoms with Crippen LogP contribution in [0.3, 0.4) is 0 Å². The molecule has 1 aliphatic heterocycles. The van der Waals surface area contributed by atoms with Crippen molar-refractivity contribution in [2.24, 2.45) is 0 Å². The zero-order valence-electron chi connectivity index (χ0n) is 17.7. The monoisotopic (exact) mass is 467 g/mol. The van der Waals surface area contributed by atoms with Gasteiger partial charge in [0.05, 0.1) is 22.7 Å². The average Bonchev–Trinajstić information content (AvgIpc) is 2.78. The summed E-state index contributed by atoms with van der Waals surface area (Å²) >= 11 is 6.17. The lowest BCUT2D eigenvalue weighted by Gasteiger charge is -2.36. The predicted molar refractivity (Wildman–Crippen MR) is 120 cm³/mol. The molecule has 10 heteroatoms. The zero-order chi connectivity index (χ0) is 22.6. The van der Waals surface area contributed by atoms with Crippen molar-refractivity contribution >= 4 is 33.2 Å². The Kier molecular flexibility index (Phi) is 7.30. The average molecular weight is 468 g/mol. The number of nitrogens with zero attached hydrogens (tertiary/aromatic N) is 3. The fourth-order valence-corrected chi connectivity index (χ4v) is 4.52. The minimum absolute atomic E-state index is 0.0636. The summed E-state index contributed by atoms with van der Waals surface area (Å²) in [6.07, 6.45) is 0. The van der Waals surface area contributed by atoms with Gasteiger partial charge in [0, 0.05) is 40.3 Å². The van der Waals surface area contributed by atoms with Gasteiger partial charge in [-0.15, -0.1) is 0 Å². The third-order valence-electron chi connectivity index (χ3n) is 5.09. The third kappa shape index (κ3) is 5.23. The number of anilines is 1. The summed E-state index contributed by atoms with van der Waals surface area (Å²) in [5.74, 6) is 0.918. The lowest BCUT2D eigenvalue weighted by molar-refractivity contribution is -0.133. The van der Waals surface area contributed by atoms with E-state index >= 15 is 0 Å². The molecule has 1 saturated heterocycles. The summed E-state index contributed by atoms with van der Waals surface area (Å²) in [5, 5.41) is 0.136. The minimum atomic E-state index is -3.59. The predicted octanol–water partition coefficient (Wildman–Crippen LogP) is 2.33. The number of rotatable bonds is 7. The number of benzene rings is 2. The van der Waals surface area contributed by atoms with Crippen molar-refractivity contribution < 1.29 is 22.7 Å². The number of hydrogen-bond acceptors (Lipinski definition) is 6. The Hall–Kier alpha value is -2.49. The maximum atomic E-state index is 12.6. The van der Waals surface area contributed by atoms with Crippen LogP contribution in [0.15, 0.2) is 47.4 Å². The lowest BCUT2D eigenvalue weighted by Crippen LogP contribution is -2.50. The maximum absolute atomic E-state index is 12.6. The van der Waals surface area contributed by atoms with E-state index in [9.17, 15) is 13.2 Å². The van der Waals surface area contributed by atoms with Gasteiger partial charge in [-0.1, -0.05) is 23.7 Å². The maximum Gasteiger partial charge on any atom is 0.260 e. The topological polar surface area (TPSA) is 79.4 Å². The molecule has 2 aromatic rings. The van der Waals surface area contributed by atoms with Crippen LogP contribution in [-0.4, -0.2) is 77.5 Å². The highest BCUT2D eigenvalue weighted by Crippen LogP contribution is 2.29. The highest BCUT2D eigenvalue weighted by atomic mass is 35.5. The molecule has 1 heterocycles. The Labute approximate surface area is 187 Å². The lowest BCUT2D eigenvalue weighted by atomic mass is 10.2. The third-order valence-corrected chi connectivity index (χ3v) is 7.20. The molecule has 0 unspecified atom stereocenters. The van der Waals surface area contributed by atoms with E-state index in [1.54, 1.807) is 12.0 Å². The molecule has 1 aliphatic rings. The van der Waals surface area contributed by atoms with Crippen LogP contribution in [0.2, 0.25) is 5.02 Å². The van der Waals surface area contributed by atoms with Crippen molar-refractivity contribution in [2.45, 2.75) is 4.90 Å². The molecule has 3 rings (SSSR count). The molecule has 1 amide bonds. The fraction of sp³-hybridized carbons (Fsp3) is 0.381. The number of carbonyl (C=O) groups is 1. The number of halogens is 1. The molecule has 31 heavy (non-hydrogen) atoms. The SMILES string of the molecule is COc1ccccc1N1CCN(C(=O)COc2ccc(S(=O)(=O)N(C)C)cc2Cl)CC1. The van der Waals surface area contributed by atoms with Crippen molar-refractivity contribution in [3.05, 3.63) is 47.5 Å². The van der Waals surface area contributed by atoms with Gasteiger partial charge in [0.2, 0.25) is 10.0 Å². The molecule has 0 saturated carbocycles. The number of carbonyl (C=O) groups excluding carboxylic acids is 1. The molecule has 0 spiro atoms. The number of sulfonamides is 1. The summed E-state index contributed by atoms with van der Waals surface area (Å²) in [6.45, 7) is 2.32. The number of para-hydroxylation sites is 2. The number of amides is 1. The van der Waals surface area contributed by atoms with E-state index in [1.165, 1.54) is 32.3 Å². The first-order valence-electron chi connectivity index (χ1n) is 9.74. The normalized spacial score (nSPS) is 14.6. The van der Waals surface area contributed by atoms with Gasteiger partial charge in [0.25, 0.3) is 5.91 Å². The molecule has 0 aliphatic carbocycles. The largest absolute Gasteiger partial charge is 0.495 e. The van der Waals surface area contributed by atoms with Gasteiger partial charge in [0.1, 0.15) is 11.5 Å². The van der Waals surface area contributed by atoms with Gasteiger partial charge in [0.15, 0.2) is 6.61 Å². The van der Waals surface area contributed by atoms with E-state index in [-0.39, 0.29) is 28.2 Å². The van der Waals surface area contributed by atoms with Gasteiger partial charge in [-0.05, 0) is 30.3 Å². The Morgan fingerprint density at radius 2 is 1.74 bits per heavy atom. The van der Waals surface area contributed by atoms with Crippen molar-refractivity contribution in [1.82, 2.24) is 9.21 Å². The number of ether oxygens (including phenoxy) is 2. The summed E-state index contributed by atoms with van der Waals surface area (Å²) in [4.78, 5) is 16.6. The molecule has 0 N–H and O–H groups in total. The van der Waals surface area contributed by atoms with Crippen LogP contribution in [0.5, 0.6) is 11.5 Å². The Balaban J connectivity index is 1.56. The first-order valence-corrected chi connectivity index (χ1v) is 11.6. The Bertz CT molecular complexity index is 1040. The van der Waals surface area contributed by atoms with Gasteiger partial charge in [-0.3, -0.25) is 4.79 Å². The molecule has 0 atom stereocenters. The highest BCUT2D eigenvalue weighted by Gasteiger charge is 2.24. The molecule has 2 aromatic carbocycles. The Morgan fingerprint density at radius 1 is 1.06 bits per heavy atom. The number of piperazine rings is 1. The van der Waals surface area contributed by atoms with Crippen molar-refractivity contribution in [1.29, 1.82) is 0 Å². The number of hydrogen-bond donors (Lipinski definition) is 0. The molecule has 168 valence electrons. The quantitative estimate of drug-likeness (QED) is 0.621. The van der Waals surface area contributed by atoms with Gasteiger partial charge in [-0.25, -0.2) is 12.7 Å². The fourth-order valence-electron chi connectivity index (χ4n) is 3.29. The van der Waals surface area contributed by atoms with Crippen LogP contribution in [0.25, 0.3) is 0 Å². The van der Waals surface area contributed by atoms with Crippen LogP contribution >= 0.6 is 11.6 Å². The van der Waals surface area contributed by atoms with Crippen LogP contribution < -0.4 is 14.4 Å². The molecular formula is C21H26ClN3O5S. The van der Waals surface area contributed by atoms with Crippen molar-refractivity contribution in [3.63, 3.8) is 0 Å². The second-order valence-corrected chi connectivity index (χ2v) is 9.77. The Morgan fingerprint density at radius 3 is 2.35 bits per heavy atom. The van der Waals surface area contributed by atoms with E-state index in [0.717, 1.165) is 15.7 Å². The van der Waals surface area contributed by atoms with Crippen LogP contribution in [0.4, 0.5) is 5.69 Å². The van der Waals surface area contributed by atoms with Gasteiger partial charge >= 0.3 is 0 Å². The summed E-state index contributed by atoms with van der Waals surface area (Å²) in [5.41, 5.74) is 1.01. The molecule has 8 nitrogen and oxygen atoms in total. The van der Waals surface area contributed by atoms with E-state index < -0.39 is 10.0 Å². The highest BCUT2D eigenvalue weighted by molar-refractivity contribution is 7.89. The van der Waals surface area contributed by atoms with Crippen molar-refractivity contribution in [2.75, 3.05) is 58.9 Å². The molecule has 1 fully saturated rings. The van der Waals surface area contributed by atoms with Crippen molar-refractivity contribution in [3.8, 4) is 11.5 Å². The standard InChI is InChI=1S/C21H26ClN3O5S/c1-23(2)31(27,28)16-8-9-19(17(22)14-16)30-15-21(26)25-12-10-24(11-13-25)18-6-4-5-7-20(18)29-3/h4-9,14H,10-13,15H2,1-3H3. The van der Waals surface area contributed by atoms with E-state index in [4.69, 9.17) is 21.1 Å². The minimum Gasteiger partial charge on any atom is -0.495 e. The summed E-state index contributed by atoms with van der Waals surface area (Å²) < 4.78 is 36.5. The summed E-state index contributed by atoms with van der Waals surface area (Å²) in [6, 6.07) is 12.0. The smallest absolute Gasteiger partial charge is 0.260 e. The first-order chi connectivity index (χ1) is 14.7. The van der Waals surface area contributed by atoms with E-state index in [0.29, 0.717) is 26.2 Å². The second-order valence-electron chi connectivity index (χ2n) is 7.21. The van der Waals surface area contributed by atoms with Gasteiger partial charge in [-0.2, -0.15) is 0 Å². The summed E-state index contributed by atoms with van der Waals surface area (Å²) in [7, 11) is 0.938. The molecular weight excluding hydrogens is 442 g/mol. The molecule has 0 aromatic heterocycles.